The first-order valence-corrected chi connectivity index (χ1v) is 6.74. The van der Waals surface area contributed by atoms with Crippen LogP contribution in [0.25, 0.3) is 17.0 Å². The Labute approximate surface area is 115 Å². The summed E-state index contributed by atoms with van der Waals surface area (Å²) < 4.78 is 0. The molecule has 0 saturated heterocycles. The lowest BCUT2D eigenvalue weighted by Crippen LogP contribution is -2.35. The van der Waals surface area contributed by atoms with Gasteiger partial charge in [0.1, 0.15) is 0 Å². The van der Waals surface area contributed by atoms with Gasteiger partial charge in [-0.15, -0.1) is 0 Å². The van der Waals surface area contributed by atoms with Crippen LogP contribution in [-0.2, 0) is 0 Å². The molecule has 19 heavy (non-hydrogen) atoms. The second-order valence-corrected chi connectivity index (χ2v) is 5.90. The van der Waals surface area contributed by atoms with E-state index in [0.29, 0.717) is 0 Å². The summed E-state index contributed by atoms with van der Waals surface area (Å²) in [6, 6.07) is 10.4. The molecule has 0 unspecified atom stereocenters. The zero-order valence-electron chi connectivity index (χ0n) is 12.2. The molecule has 0 aliphatic carbocycles. The summed E-state index contributed by atoms with van der Waals surface area (Å²) in [5, 5.41) is 4.66. The third kappa shape index (κ3) is 3.90. The highest BCUT2D eigenvalue weighted by atomic mass is 14.9. The molecule has 1 aromatic carbocycles. The van der Waals surface area contributed by atoms with E-state index < -0.39 is 0 Å². The Morgan fingerprint density at radius 3 is 2.68 bits per heavy atom. The number of benzene rings is 1. The maximum absolute atomic E-state index is 4.55. The minimum absolute atomic E-state index is 0.153. The number of para-hydroxylation sites is 1. The zero-order chi connectivity index (χ0) is 13.9. The Balaban J connectivity index is 2.22. The quantitative estimate of drug-likeness (QED) is 0.897. The van der Waals surface area contributed by atoms with Gasteiger partial charge in [0.15, 0.2) is 0 Å². The Morgan fingerprint density at radius 2 is 1.95 bits per heavy atom. The Bertz CT molecular complexity index is 592. The van der Waals surface area contributed by atoms with E-state index in [-0.39, 0.29) is 5.54 Å². The van der Waals surface area contributed by atoms with Gasteiger partial charge in [0, 0.05) is 23.2 Å². The Morgan fingerprint density at radius 1 is 1.21 bits per heavy atom. The summed E-state index contributed by atoms with van der Waals surface area (Å²) in [5.74, 6) is 0. The van der Waals surface area contributed by atoms with Crippen LogP contribution in [-0.4, -0.2) is 17.1 Å². The van der Waals surface area contributed by atoms with E-state index in [1.165, 1.54) is 10.9 Å². The highest BCUT2D eigenvalue weighted by molar-refractivity contribution is 5.87. The van der Waals surface area contributed by atoms with Crippen LogP contribution in [0.1, 0.15) is 32.0 Å². The standard InChI is InChI=1S/C17H22N2/c1-13-12-14(8-7-11-18-17(2,3)4)15-9-5-6-10-16(15)19-13/h5-10,12,18H,11H2,1-4H3. The third-order valence-corrected chi connectivity index (χ3v) is 2.92. The van der Waals surface area contributed by atoms with Crippen LogP contribution < -0.4 is 5.32 Å². The fraction of sp³-hybridized carbons (Fsp3) is 0.353. The molecule has 2 rings (SSSR count). The van der Waals surface area contributed by atoms with E-state index in [1.807, 2.05) is 13.0 Å². The monoisotopic (exact) mass is 254 g/mol. The second-order valence-electron chi connectivity index (χ2n) is 5.90. The smallest absolute Gasteiger partial charge is 0.0711 e. The molecule has 0 bridgehead atoms. The lowest BCUT2D eigenvalue weighted by atomic mass is 10.1. The van der Waals surface area contributed by atoms with Crippen molar-refractivity contribution >= 4 is 17.0 Å². The van der Waals surface area contributed by atoms with Gasteiger partial charge < -0.3 is 5.32 Å². The lowest BCUT2D eigenvalue weighted by Gasteiger charge is -2.18. The molecule has 1 N–H and O–H groups in total. The van der Waals surface area contributed by atoms with Gasteiger partial charge in [0.2, 0.25) is 0 Å². The highest BCUT2D eigenvalue weighted by Gasteiger charge is 2.06. The predicted molar refractivity (Wildman–Crippen MR) is 83.3 cm³/mol. The normalized spacial score (nSPS) is 12.4. The van der Waals surface area contributed by atoms with Crippen molar-refractivity contribution < 1.29 is 0 Å². The van der Waals surface area contributed by atoms with Crippen LogP contribution in [0.15, 0.2) is 36.4 Å². The summed E-state index contributed by atoms with van der Waals surface area (Å²) in [6.45, 7) is 9.43. The van der Waals surface area contributed by atoms with Crippen molar-refractivity contribution in [1.82, 2.24) is 10.3 Å². The zero-order valence-corrected chi connectivity index (χ0v) is 12.2. The number of aryl methyl sites for hydroxylation is 1. The number of pyridine rings is 1. The van der Waals surface area contributed by atoms with Crippen molar-refractivity contribution in [3.8, 4) is 0 Å². The van der Waals surface area contributed by atoms with Crippen LogP contribution >= 0.6 is 0 Å². The fourth-order valence-corrected chi connectivity index (χ4v) is 2.03. The molecule has 2 aromatic rings. The number of nitrogens with zero attached hydrogens (tertiary/aromatic N) is 1. The van der Waals surface area contributed by atoms with Crippen LogP contribution in [0.3, 0.4) is 0 Å². The van der Waals surface area contributed by atoms with Gasteiger partial charge >= 0.3 is 0 Å². The molecule has 0 atom stereocenters. The minimum Gasteiger partial charge on any atom is -0.309 e. The van der Waals surface area contributed by atoms with E-state index >= 15 is 0 Å². The summed E-state index contributed by atoms with van der Waals surface area (Å²) in [7, 11) is 0. The van der Waals surface area contributed by atoms with Gasteiger partial charge in [0.05, 0.1) is 5.52 Å². The van der Waals surface area contributed by atoms with Gasteiger partial charge in [-0.05, 0) is 45.4 Å². The topological polar surface area (TPSA) is 24.9 Å². The Kier molecular flexibility index (Phi) is 4.01. The van der Waals surface area contributed by atoms with Gasteiger partial charge in [-0.1, -0.05) is 30.4 Å². The van der Waals surface area contributed by atoms with E-state index in [0.717, 1.165) is 17.8 Å². The lowest BCUT2D eigenvalue weighted by molar-refractivity contribution is 0.450. The van der Waals surface area contributed by atoms with Crippen molar-refractivity contribution in [3.05, 3.63) is 47.7 Å². The molecule has 0 aliphatic heterocycles. The molecule has 0 spiro atoms. The van der Waals surface area contributed by atoms with Crippen molar-refractivity contribution in [3.63, 3.8) is 0 Å². The molecule has 0 saturated carbocycles. The van der Waals surface area contributed by atoms with E-state index in [2.05, 4.69) is 67.5 Å². The minimum atomic E-state index is 0.153. The summed E-state index contributed by atoms with van der Waals surface area (Å²) in [6.07, 6.45) is 4.35. The van der Waals surface area contributed by atoms with Gasteiger partial charge in [0.25, 0.3) is 0 Å². The first kappa shape index (κ1) is 13.8. The SMILES string of the molecule is Cc1cc(C=CCNC(C)(C)C)c2ccccc2n1. The van der Waals surface area contributed by atoms with Crippen LogP contribution in [0.5, 0.6) is 0 Å². The largest absolute Gasteiger partial charge is 0.309 e. The second kappa shape index (κ2) is 5.54. The number of aromatic nitrogens is 1. The fourth-order valence-electron chi connectivity index (χ4n) is 2.03. The first-order valence-electron chi connectivity index (χ1n) is 6.74. The number of nitrogens with one attached hydrogen (secondary N) is 1. The Hall–Kier alpha value is -1.67. The molecule has 2 heteroatoms. The van der Waals surface area contributed by atoms with Crippen molar-refractivity contribution in [2.45, 2.75) is 33.2 Å². The van der Waals surface area contributed by atoms with E-state index in [9.17, 15) is 0 Å². The predicted octanol–water partition coefficient (Wildman–Crippen LogP) is 3.94. The van der Waals surface area contributed by atoms with Gasteiger partial charge in [-0.3, -0.25) is 4.98 Å². The molecular weight excluding hydrogens is 232 g/mol. The maximum Gasteiger partial charge on any atom is 0.0711 e. The molecule has 0 fully saturated rings. The number of hydrogen-bond donors (Lipinski definition) is 1. The third-order valence-electron chi connectivity index (χ3n) is 2.92. The molecular formula is C17H22N2. The van der Waals surface area contributed by atoms with Crippen LogP contribution in [0.4, 0.5) is 0 Å². The van der Waals surface area contributed by atoms with Crippen molar-refractivity contribution in [2.24, 2.45) is 0 Å². The van der Waals surface area contributed by atoms with Crippen molar-refractivity contribution in [1.29, 1.82) is 0 Å². The average molecular weight is 254 g/mol. The molecule has 1 aromatic heterocycles. The van der Waals surface area contributed by atoms with Gasteiger partial charge in [-0.25, -0.2) is 0 Å². The van der Waals surface area contributed by atoms with Gasteiger partial charge in [-0.2, -0.15) is 0 Å². The molecule has 1 heterocycles. The van der Waals surface area contributed by atoms with E-state index in [4.69, 9.17) is 0 Å². The number of fused-ring (bicyclic) bond motifs is 1. The van der Waals surface area contributed by atoms with Crippen molar-refractivity contribution in [2.75, 3.05) is 6.54 Å². The average Bonchev–Trinajstić information content (AvgIpc) is 2.33. The maximum atomic E-state index is 4.55. The summed E-state index contributed by atoms with van der Waals surface area (Å²) >= 11 is 0. The highest BCUT2D eigenvalue weighted by Crippen LogP contribution is 2.19. The molecule has 100 valence electrons. The molecule has 0 aliphatic rings. The summed E-state index contributed by atoms with van der Waals surface area (Å²) in [5.41, 5.74) is 3.51. The van der Waals surface area contributed by atoms with Crippen LogP contribution in [0.2, 0.25) is 0 Å². The number of hydrogen-bond acceptors (Lipinski definition) is 2. The molecule has 0 amide bonds. The molecule has 0 radical (unpaired) electrons. The molecule has 2 nitrogen and oxygen atoms in total. The first-order chi connectivity index (χ1) is 8.96. The summed E-state index contributed by atoms with van der Waals surface area (Å²) in [4.78, 5) is 4.55. The number of rotatable bonds is 3. The van der Waals surface area contributed by atoms with E-state index in [1.54, 1.807) is 0 Å². The van der Waals surface area contributed by atoms with Crippen LogP contribution in [0, 0.1) is 6.92 Å².